The van der Waals surface area contributed by atoms with Gasteiger partial charge in [-0.05, 0) is 30.3 Å². The van der Waals surface area contributed by atoms with E-state index in [-0.39, 0.29) is 5.56 Å². The second kappa shape index (κ2) is 5.83. The standard InChI is InChI=1S/C15H12F3N3/c1-21(10-13-4-2-3-7-20-13)14-6-5-12(15(16,17)18)8-11(14)9-19/h2-8H,10H2,1H3. The van der Waals surface area contributed by atoms with Crippen LogP contribution in [0, 0.1) is 11.3 Å². The molecule has 0 radical (unpaired) electrons. The Kier molecular flexibility index (Phi) is 4.13. The van der Waals surface area contributed by atoms with Crippen LogP contribution < -0.4 is 4.90 Å². The van der Waals surface area contributed by atoms with Gasteiger partial charge in [0.1, 0.15) is 6.07 Å². The van der Waals surface area contributed by atoms with Gasteiger partial charge < -0.3 is 4.90 Å². The van der Waals surface area contributed by atoms with E-state index in [4.69, 9.17) is 5.26 Å². The smallest absolute Gasteiger partial charge is 0.368 e. The van der Waals surface area contributed by atoms with Crippen LogP contribution in [0.1, 0.15) is 16.8 Å². The summed E-state index contributed by atoms with van der Waals surface area (Å²) in [5.74, 6) is 0. The van der Waals surface area contributed by atoms with Crippen LogP contribution in [-0.4, -0.2) is 12.0 Å². The van der Waals surface area contributed by atoms with Gasteiger partial charge in [-0.2, -0.15) is 18.4 Å². The minimum Gasteiger partial charge on any atom is -0.368 e. The highest BCUT2D eigenvalue weighted by Gasteiger charge is 2.31. The highest BCUT2D eigenvalue weighted by molar-refractivity contribution is 5.60. The van der Waals surface area contributed by atoms with Crippen LogP contribution in [-0.2, 0) is 12.7 Å². The van der Waals surface area contributed by atoms with Crippen molar-refractivity contribution in [2.75, 3.05) is 11.9 Å². The minimum absolute atomic E-state index is 0.0109. The van der Waals surface area contributed by atoms with Crippen molar-refractivity contribution in [3.8, 4) is 6.07 Å². The molecule has 108 valence electrons. The van der Waals surface area contributed by atoms with E-state index in [0.29, 0.717) is 12.2 Å². The first-order valence-corrected chi connectivity index (χ1v) is 6.14. The summed E-state index contributed by atoms with van der Waals surface area (Å²) in [6, 6.07) is 10.4. The summed E-state index contributed by atoms with van der Waals surface area (Å²) in [5, 5.41) is 9.06. The molecule has 0 fully saturated rings. The molecule has 0 saturated heterocycles. The maximum absolute atomic E-state index is 12.7. The highest BCUT2D eigenvalue weighted by atomic mass is 19.4. The molecule has 1 aromatic heterocycles. The van der Waals surface area contributed by atoms with Gasteiger partial charge >= 0.3 is 6.18 Å². The number of pyridine rings is 1. The SMILES string of the molecule is CN(Cc1ccccn1)c1ccc(C(F)(F)F)cc1C#N. The Bertz CT molecular complexity index is 660. The van der Waals surface area contributed by atoms with Gasteiger partial charge in [-0.3, -0.25) is 4.98 Å². The molecule has 21 heavy (non-hydrogen) atoms. The van der Waals surface area contributed by atoms with Crippen molar-refractivity contribution in [3.63, 3.8) is 0 Å². The summed E-state index contributed by atoms with van der Waals surface area (Å²) in [6.45, 7) is 0.404. The van der Waals surface area contributed by atoms with E-state index in [0.717, 1.165) is 17.8 Å². The summed E-state index contributed by atoms with van der Waals surface area (Å²) in [5.41, 5.74) is 0.372. The molecule has 0 saturated carbocycles. The fourth-order valence-electron chi connectivity index (χ4n) is 1.95. The average molecular weight is 291 g/mol. The Hall–Kier alpha value is -2.55. The zero-order valence-electron chi connectivity index (χ0n) is 11.2. The Morgan fingerprint density at radius 1 is 1.24 bits per heavy atom. The molecule has 1 heterocycles. The molecule has 0 spiro atoms. The number of nitrogens with zero attached hydrogens (tertiary/aromatic N) is 3. The van der Waals surface area contributed by atoms with Crippen LogP contribution in [0.2, 0.25) is 0 Å². The van der Waals surface area contributed by atoms with Crippen molar-refractivity contribution in [2.24, 2.45) is 0 Å². The van der Waals surface area contributed by atoms with E-state index in [2.05, 4.69) is 4.98 Å². The van der Waals surface area contributed by atoms with Crippen LogP contribution in [0.4, 0.5) is 18.9 Å². The Balaban J connectivity index is 2.29. The Morgan fingerprint density at radius 3 is 2.57 bits per heavy atom. The van der Waals surface area contributed by atoms with Crippen LogP contribution >= 0.6 is 0 Å². The number of hydrogen-bond acceptors (Lipinski definition) is 3. The molecule has 3 nitrogen and oxygen atoms in total. The molecule has 0 N–H and O–H groups in total. The number of halogens is 3. The number of alkyl halides is 3. The number of rotatable bonds is 3. The predicted molar refractivity (Wildman–Crippen MR) is 72.5 cm³/mol. The zero-order valence-corrected chi connectivity index (χ0v) is 11.2. The third-order valence-corrected chi connectivity index (χ3v) is 2.98. The number of hydrogen-bond donors (Lipinski definition) is 0. The predicted octanol–water partition coefficient (Wildman–Crippen LogP) is 3.61. The largest absolute Gasteiger partial charge is 0.416 e. The first-order chi connectivity index (χ1) is 9.91. The van der Waals surface area contributed by atoms with Crippen molar-refractivity contribution >= 4 is 5.69 Å². The molecule has 0 aliphatic rings. The Morgan fingerprint density at radius 2 is 2.00 bits per heavy atom. The summed E-state index contributed by atoms with van der Waals surface area (Å²) < 4.78 is 38.0. The topological polar surface area (TPSA) is 39.9 Å². The third-order valence-electron chi connectivity index (χ3n) is 2.98. The lowest BCUT2D eigenvalue weighted by Gasteiger charge is -2.21. The number of aromatic nitrogens is 1. The lowest BCUT2D eigenvalue weighted by Crippen LogP contribution is -2.19. The molecule has 0 bridgehead atoms. The van der Waals surface area contributed by atoms with Crippen LogP contribution in [0.25, 0.3) is 0 Å². The van der Waals surface area contributed by atoms with Crippen molar-refractivity contribution in [2.45, 2.75) is 12.7 Å². The second-order valence-corrected chi connectivity index (χ2v) is 4.52. The second-order valence-electron chi connectivity index (χ2n) is 4.52. The van der Waals surface area contributed by atoms with Crippen LogP contribution in [0.15, 0.2) is 42.6 Å². The normalized spacial score (nSPS) is 11.0. The molecule has 0 unspecified atom stereocenters. The summed E-state index contributed by atoms with van der Waals surface area (Å²) >= 11 is 0. The summed E-state index contributed by atoms with van der Waals surface area (Å²) in [4.78, 5) is 5.85. The van der Waals surface area contributed by atoms with Crippen molar-refractivity contribution in [1.82, 2.24) is 4.98 Å². The molecule has 2 rings (SSSR count). The van der Waals surface area contributed by atoms with E-state index in [1.807, 2.05) is 18.2 Å². The van der Waals surface area contributed by atoms with Gasteiger partial charge in [0.25, 0.3) is 0 Å². The van der Waals surface area contributed by atoms with Gasteiger partial charge in [0.2, 0.25) is 0 Å². The average Bonchev–Trinajstić information content (AvgIpc) is 2.46. The van der Waals surface area contributed by atoms with E-state index < -0.39 is 11.7 Å². The van der Waals surface area contributed by atoms with Gasteiger partial charge in [0.05, 0.1) is 29.1 Å². The van der Waals surface area contributed by atoms with Crippen LogP contribution in [0.5, 0.6) is 0 Å². The molecule has 6 heteroatoms. The first-order valence-electron chi connectivity index (χ1n) is 6.14. The maximum Gasteiger partial charge on any atom is 0.416 e. The van der Waals surface area contributed by atoms with Gasteiger partial charge in [0, 0.05) is 13.2 Å². The molecular weight excluding hydrogens is 279 g/mol. The summed E-state index contributed by atoms with van der Waals surface area (Å²) in [6.07, 6.45) is -2.81. The molecule has 0 atom stereocenters. The Labute approximate surface area is 120 Å². The number of benzene rings is 1. The van der Waals surface area contributed by atoms with E-state index in [1.54, 1.807) is 24.2 Å². The van der Waals surface area contributed by atoms with Gasteiger partial charge in [-0.15, -0.1) is 0 Å². The summed E-state index contributed by atoms with van der Waals surface area (Å²) in [7, 11) is 1.71. The zero-order chi connectivity index (χ0) is 15.5. The highest BCUT2D eigenvalue weighted by Crippen LogP contribution is 2.32. The maximum atomic E-state index is 12.7. The van der Waals surface area contributed by atoms with Gasteiger partial charge in [-0.25, -0.2) is 0 Å². The van der Waals surface area contributed by atoms with E-state index in [9.17, 15) is 13.2 Å². The minimum atomic E-state index is -4.45. The molecule has 0 amide bonds. The van der Waals surface area contributed by atoms with Gasteiger partial charge in [-0.1, -0.05) is 6.07 Å². The van der Waals surface area contributed by atoms with Crippen molar-refractivity contribution in [3.05, 3.63) is 59.4 Å². The molecule has 0 aliphatic carbocycles. The molecule has 1 aromatic carbocycles. The lowest BCUT2D eigenvalue weighted by atomic mass is 10.1. The van der Waals surface area contributed by atoms with E-state index >= 15 is 0 Å². The quantitative estimate of drug-likeness (QED) is 0.867. The van der Waals surface area contributed by atoms with E-state index in [1.165, 1.54) is 6.07 Å². The van der Waals surface area contributed by atoms with Crippen molar-refractivity contribution < 1.29 is 13.2 Å². The fraction of sp³-hybridized carbons (Fsp3) is 0.200. The third kappa shape index (κ3) is 3.51. The number of nitriles is 1. The lowest BCUT2D eigenvalue weighted by molar-refractivity contribution is -0.137. The first kappa shape index (κ1) is 14.9. The molecular formula is C15H12F3N3. The molecule has 0 aliphatic heterocycles. The van der Waals surface area contributed by atoms with Crippen LogP contribution in [0.3, 0.4) is 0 Å². The number of anilines is 1. The monoisotopic (exact) mass is 291 g/mol. The fourth-order valence-corrected chi connectivity index (χ4v) is 1.95. The van der Waals surface area contributed by atoms with Crippen molar-refractivity contribution in [1.29, 1.82) is 5.26 Å². The van der Waals surface area contributed by atoms with Gasteiger partial charge in [0.15, 0.2) is 0 Å². The molecule has 2 aromatic rings.